The highest BCUT2D eigenvalue weighted by molar-refractivity contribution is 7.87. The maximum atomic E-state index is 13.1. The number of rotatable bonds is 11. The number of nitrogens with one attached hydrogen (secondary N) is 2. The van der Waals surface area contributed by atoms with Gasteiger partial charge < -0.3 is 0 Å². The standard InChI is InChI=1S/C24H28F4N4O2S/c1-3-32-23(15-22(30-32)12-9-18-7-10-21(25)11-8-18)20-6-4-5-19(14-20)13-17(2)31-35(33,34)29-16-24(26,27)28/h4-8,10-11,14-15,17,29,31H,3,9,12-13,16H2,1-2H3. The van der Waals surface area contributed by atoms with Crippen LogP contribution in [0.15, 0.2) is 54.6 Å². The zero-order valence-corrected chi connectivity index (χ0v) is 20.3. The van der Waals surface area contributed by atoms with Crippen molar-refractivity contribution in [2.24, 2.45) is 0 Å². The molecule has 3 rings (SSSR count). The third-order valence-corrected chi connectivity index (χ3v) is 6.53. The van der Waals surface area contributed by atoms with Gasteiger partial charge in [-0.25, -0.2) is 4.39 Å². The zero-order valence-electron chi connectivity index (χ0n) is 19.4. The van der Waals surface area contributed by atoms with E-state index in [2.05, 4.69) is 9.82 Å². The second-order valence-electron chi connectivity index (χ2n) is 8.33. The highest BCUT2D eigenvalue weighted by Crippen LogP contribution is 2.23. The van der Waals surface area contributed by atoms with E-state index in [-0.39, 0.29) is 5.82 Å². The molecule has 0 aliphatic heterocycles. The summed E-state index contributed by atoms with van der Waals surface area (Å²) in [5.41, 5.74) is 4.54. The van der Waals surface area contributed by atoms with Crippen LogP contribution >= 0.6 is 0 Å². The summed E-state index contributed by atoms with van der Waals surface area (Å²) in [5.74, 6) is -0.272. The van der Waals surface area contributed by atoms with Gasteiger partial charge in [-0.3, -0.25) is 4.68 Å². The number of nitrogens with zero attached hydrogens (tertiary/aromatic N) is 2. The number of benzene rings is 2. The second-order valence-corrected chi connectivity index (χ2v) is 9.86. The summed E-state index contributed by atoms with van der Waals surface area (Å²) in [6, 6.07) is 15.3. The third-order valence-electron chi connectivity index (χ3n) is 5.30. The Hall–Kier alpha value is -2.76. The average molecular weight is 513 g/mol. The normalized spacial score (nSPS) is 13.2. The van der Waals surface area contributed by atoms with E-state index < -0.39 is 29.0 Å². The third kappa shape index (κ3) is 8.44. The summed E-state index contributed by atoms with van der Waals surface area (Å²) >= 11 is 0. The average Bonchev–Trinajstić information content (AvgIpc) is 3.20. The van der Waals surface area contributed by atoms with Gasteiger partial charge in [-0.1, -0.05) is 30.3 Å². The summed E-state index contributed by atoms with van der Waals surface area (Å²) in [7, 11) is -4.29. The first-order chi connectivity index (χ1) is 16.4. The van der Waals surface area contributed by atoms with E-state index in [9.17, 15) is 26.0 Å². The molecule has 2 aromatic carbocycles. The SMILES string of the molecule is CCn1nc(CCc2ccc(F)cc2)cc1-c1cccc(CC(C)NS(=O)(=O)NCC(F)(F)F)c1. The highest BCUT2D eigenvalue weighted by atomic mass is 32.2. The van der Waals surface area contributed by atoms with Crippen LogP contribution in [0.25, 0.3) is 11.3 Å². The fourth-order valence-corrected chi connectivity index (χ4v) is 4.78. The molecule has 0 aliphatic carbocycles. The molecule has 0 amide bonds. The van der Waals surface area contributed by atoms with Crippen molar-refractivity contribution in [1.82, 2.24) is 19.2 Å². The first-order valence-corrected chi connectivity index (χ1v) is 12.7. The molecule has 1 atom stereocenters. The maximum Gasteiger partial charge on any atom is 0.402 e. The second kappa shape index (κ2) is 11.3. The van der Waals surface area contributed by atoms with Gasteiger partial charge in [0.1, 0.15) is 12.4 Å². The van der Waals surface area contributed by atoms with Gasteiger partial charge in [0.2, 0.25) is 0 Å². The van der Waals surface area contributed by atoms with Crippen LogP contribution < -0.4 is 9.44 Å². The molecule has 11 heteroatoms. The smallest absolute Gasteiger partial charge is 0.265 e. The largest absolute Gasteiger partial charge is 0.402 e. The fraction of sp³-hybridized carbons (Fsp3) is 0.375. The van der Waals surface area contributed by atoms with Crippen LogP contribution in [0.5, 0.6) is 0 Å². The van der Waals surface area contributed by atoms with Crippen molar-refractivity contribution < 1.29 is 26.0 Å². The number of halogens is 4. The summed E-state index contributed by atoms with van der Waals surface area (Å²) in [5, 5.41) is 4.67. The topological polar surface area (TPSA) is 76.0 Å². The van der Waals surface area contributed by atoms with Crippen molar-refractivity contribution >= 4 is 10.2 Å². The van der Waals surface area contributed by atoms with Gasteiger partial charge in [-0.05, 0) is 68.5 Å². The lowest BCUT2D eigenvalue weighted by atomic mass is 10.0. The van der Waals surface area contributed by atoms with E-state index in [1.54, 1.807) is 19.1 Å². The lowest BCUT2D eigenvalue weighted by molar-refractivity contribution is -0.121. The summed E-state index contributed by atoms with van der Waals surface area (Å²) < 4.78 is 79.4. The van der Waals surface area contributed by atoms with Crippen LogP contribution in [0.3, 0.4) is 0 Å². The molecule has 1 unspecified atom stereocenters. The molecule has 2 N–H and O–H groups in total. The molecule has 1 heterocycles. The molecular weight excluding hydrogens is 484 g/mol. The predicted molar refractivity (Wildman–Crippen MR) is 126 cm³/mol. The maximum absolute atomic E-state index is 13.1. The quantitative estimate of drug-likeness (QED) is 0.374. The summed E-state index contributed by atoms with van der Waals surface area (Å²) in [4.78, 5) is 0. The van der Waals surface area contributed by atoms with E-state index in [1.807, 2.05) is 41.9 Å². The Kier molecular flexibility index (Phi) is 8.68. The molecule has 3 aromatic rings. The molecule has 0 aliphatic rings. The van der Waals surface area contributed by atoms with Gasteiger partial charge in [-0.2, -0.15) is 36.1 Å². The molecule has 6 nitrogen and oxygen atoms in total. The Bertz CT molecular complexity index is 1230. The molecule has 35 heavy (non-hydrogen) atoms. The Labute approximate surface area is 202 Å². The Morgan fingerprint density at radius 1 is 1.03 bits per heavy atom. The first-order valence-electron chi connectivity index (χ1n) is 11.2. The zero-order chi connectivity index (χ0) is 25.6. The minimum Gasteiger partial charge on any atom is -0.265 e. The molecule has 0 saturated carbocycles. The molecule has 0 fully saturated rings. The van der Waals surface area contributed by atoms with E-state index in [4.69, 9.17) is 0 Å². The summed E-state index contributed by atoms with van der Waals surface area (Å²) in [6.45, 7) is 2.59. The lowest BCUT2D eigenvalue weighted by Crippen LogP contribution is -2.45. The minimum absolute atomic E-state index is 0.272. The molecule has 190 valence electrons. The number of hydrogen-bond acceptors (Lipinski definition) is 3. The van der Waals surface area contributed by atoms with Crippen molar-refractivity contribution in [3.05, 3.63) is 77.2 Å². The van der Waals surface area contributed by atoms with Crippen molar-refractivity contribution in [3.8, 4) is 11.3 Å². The van der Waals surface area contributed by atoms with Crippen molar-refractivity contribution in [1.29, 1.82) is 0 Å². The van der Waals surface area contributed by atoms with Crippen molar-refractivity contribution in [2.45, 2.75) is 51.9 Å². The van der Waals surface area contributed by atoms with Crippen molar-refractivity contribution in [3.63, 3.8) is 0 Å². The van der Waals surface area contributed by atoms with Crippen LogP contribution in [0.2, 0.25) is 0 Å². The Morgan fingerprint density at radius 3 is 2.40 bits per heavy atom. The molecule has 1 aromatic heterocycles. The van der Waals surface area contributed by atoms with Crippen LogP contribution in [-0.4, -0.2) is 37.0 Å². The van der Waals surface area contributed by atoms with Gasteiger partial charge in [0.05, 0.1) is 11.4 Å². The molecule has 0 spiro atoms. The van der Waals surface area contributed by atoms with E-state index in [0.29, 0.717) is 19.4 Å². The Morgan fingerprint density at radius 2 is 1.74 bits per heavy atom. The minimum atomic E-state index is -4.63. The number of aryl methyl sites for hydroxylation is 3. The first kappa shape index (κ1) is 26.8. The van der Waals surface area contributed by atoms with Crippen LogP contribution in [0.4, 0.5) is 17.6 Å². The molecule has 0 radical (unpaired) electrons. The van der Waals surface area contributed by atoms with E-state index >= 15 is 0 Å². The molecule has 0 bridgehead atoms. The Balaban J connectivity index is 1.68. The van der Waals surface area contributed by atoms with Crippen LogP contribution in [0.1, 0.15) is 30.7 Å². The van der Waals surface area contributed by atoms with Gasteiger partial charge in [0.15, 0.2) is 0 Å². The van der Waals surface area contributed by atoms with E-state index in [0.717, 1.165) is 34.5 Å². The lowest BCUT2D eigenvalue weighted by Gasteiger charge is -2.16. The van der Waals surface area contributed by atoms with Gasteiger partial charge >= 0.3 is 6.18 Å². The number of hydrogen-bond donors (Lipinski definition) is 2. The van der Waals surface area contributed by atoms with E-state index in [1.165, 1.54) is 16.9 Å². The van der Waals surface area contributed by atoms with Gasteiger partial charge in [0, 0.05) is 18.2 Å². The van der Waals surface area contributed by atoms with Gasteiger partial charge in [-0.15, -0.1) is 0 Å². The highest BCUT2D eigenvalue weighted by Gasteiger charge is 2.29. The fourth-order valence-electron chi connectivity index (χ4n) is 3.73. The van der Waals surface area contributed by atoms with Crippen LogP contribution in [0, 0.1) is 5.82 Å². The van der Waals surface area contributed by atoms with Crippen LogP contribution in [-0.2, 0) is 36.0 Å². The van der Waals surface area contributed by atoms with Gasteiger partial charge in [0.25, 0.3) is 10.2 Å². The molecule has 0 saturated heterocycles. The molecular formula is C24H28F4N4O2S. The predicted octanol–water partition coefficient (Wildman–Crippen LogP) is 4.41. The number of alkyl halides is 3. The summed E-state index contributed by atoms with van der Waals surface area (Å²) in [6.07, 6.45) is -2.93. The number of aromatic nitrogens is 2. The monoisotopic (exact) mass is 512 g/mol. The van der Waals surface area contributed by atoms with Crippen molar-refractivity contribution in [2.75, 3.05) is 6.54 Å².